The summed E-state index contributed by atoms with van der Waals surface area (Å²) in [5.41, 5.74) is 0. The summed E-state index contributed by atoms with van der Waals surface area (Å²) in [4.78, 5) is 19.0. The van der Waals surface area contributed by atoms with Crippen molar-refractivity contribution in [1.82, 2.24) is 9.97 Å². The highest BCUT2D eigenvalue weighted by Crippen LogP contribution is 2.15. The van der Waals surface area contributed by atoms with Gasteiger partial charge in [-0.1, -0.05) is 20.3 Å². The largest absolute Gasteiger partial charge is 0.481 e. The molecule has 118 valence electrons. The van der Waals surface area contributed by atoms with Crippen molar-refractivity contribution in [3.05, 3.63) is 12.4 Å². The van der Waals surface area contributed by atoms with Gasteiger partial charge in [0.2, 0.25) is 5.88 Å². The van der Waals surface area contributed by atoms with Crippen molar-refractivity contribution in [2.75, 3.05) is 11.9 Å². The third-order valence-electron chi connectivity index (χ3n) is 3.19. The second-order valence-corrected chi connectivity index (χ2v) is 5.31. The number of hydrogen-bond donors (Lipinski definition) is 2. The molecule has 0 aliphatic carbocycles. The molecule has 2 atom stereocenters. The van der Waals surface area contributed by atoms with Crippen LogP contribution in [0.25, 0.3) is 0 Å². The van der Waals surface area contributed by atoms with Gasteiger partial charge in [-0.15, -0.1) is 0 Å². The zero-order valence-corrected chi connectivity index (χ0v) is 13.0. The SMILES string of the molecule is CCCOc1cc(NC(C)CCCC(C)C(=O)O)ncn1. The smallest absolute Gasteiger partial charge is 0.306 e. The molecular formula is C15H25N3O3. The lowest BCUT2D eigenvalue weighted by atomic mass is 10.0. The molecule has 1 heterocycles. The Labute approximate surface area is 126 Å². The summed E-state index contributed by atoms with van der Waals surface area (Å²) >= 11 is 0. The lowest BCUT2D eigenvalue weighted by molar-refractivity contribution is -0.141. The average Bonchev–Trinajstić information content (AvgIpc) is 2.45. The zero-order chi connectivity index (χ0) is 15.7. The summed E-state index contributed by atoms with van der Waals surface area (Å²) in [6.07, 6.45) is 4.87. The molecule has 1 rings (SSSR count). The van der Waals surface area contributed by atoms with E-state index in [2.05, 4.69) is 22.2 Å². The number of rotatable bonds is 10. The van der Waals surface area contributed by atoms with Crippen LogP contribution in [-0.4, -0.2) is 33.7 Å². The summed E-state index contributed by atoms with van der Waals surface area (Å²) in [5, 5.41) is 12.1. The van der Waals surface area contributed by atoms with Crippen LogP contribution in [0.1, 0.15) is 46.5 Å². The van der Waals surface area contributed by atoms with Gasteiger partial charge in [-0.05, 0) is 26.2 Å². The first-order chi connectivity index (χ1) is 10.0. The van der Waals surface area contributed by atoms with E-state index in [1.165, 1.54) is 6.33 Å². The lowest BCUT2D eigenvalue weighted by Crippen LogP contribution is -2.17. The van der Waals surface area contributed by atoms with Gasteiger partial charge in [0.1, 0.15) is 12.1 Å². The number of carbonyl (C=O) groups is 1. The van der Waals surface area contributed by atoms with Gasteiger partial charge in [-0.2, -0.15) is 0 Å². The normalized spacial score (nSPS) is 13.5. The maximum Gasteiger partial charge on any atom is 0.306 e. The van der Waals surface area contributed by atoms with E-state index in [-0.39, 0.29) is 12.0 Å². The van der Waals surface area contributed by atoms with E-state index < -0.39 is 5.97 Å². The number of ether oxygens (including phenoxy) is 1. The van der Waals surface area contributed by atoms with E-state index in [1.807, 2.05) is 6.92 Å². The van der Waals surface area contributed by atoms with Crippen LogP contribution in [0.5, 0.6) is 5.88 Å². The lowest BCUT2D eigenvalue weighted by Gasteiger charge is -2.15. The summed E-state index contributed by atoms with van der Waals surface area (Å²) in [7, 11) is 0. The Balaban J connectivity index is 2.36. The molecule has 0 amide bonds. The average molecular weight is 295 g/mol. The van der Waals surface area contributed by atoms with Crippen molar-refractivity contribution < 1.29 is 14.6 Å². The van der Waals surface area contributed by atoms with Crippen molar-refractivity contribution in [2.45, 2.75) is 52.5 Å². The van der Waals surface area contributed by atoms with Crippen LogP contribution in [0.2, 0.25) is 0 Å². The number of hydrogen-bond acceptors (Lipinski definition) is 5. The molecular weight excluding hydrogens is 270 g/mol. The Hall–Kier alpha value is -1.85. The van der Waals surface area contributed by atoms with E-state index in [1.54, 1.807) is 13.0 Å². The predicted molar refractivity (Wildman–Crippen MR) is 81.6 cm³/mol. The minimum atomic E-state index is -0.732. The van der Waals surface area contributed by atoms with Gasteiger partial charge < -0.3 is 15.2 Å². The molecule has 0 radical (unpaired) electrons. The van der Waals surface area contributed by atoms with Crippen molar-refractivity contribution in [3.63, 3.8) is 0 Å². The maximum atomic E-state index is 10.7. The molecule has 21 heavy (non-hydrogen) atoms. The molecule has 0 saturated heterocycles. The van der Waals surface area contributed by atoms with E-state index in [4.69, 9.17) is 9.84 Å². The number of anilines is 1. The van der Waals surface area contributed by atoms with Gasteiger partial charge in [0.15, 0.2) is 0 Å². The third-order valence-corrected chi connectivity index (χ3v) is 3.19. The molecule has 6 heteroatoms. The standard InChI is InChI=1S/C15H25N3O3/c1-4-8-21-14-9-13(16-10-17-14)18-12(3)7-5-6-11(2)15(19)20/h9-12H,4-8H2,1-3H3,(H,19,20)(H,16,17,18). The minimum Gasteiger partial charge on any atom is -0.481 e. The second-order valence-electron chi connectivity index (χ2n) is 5.31. The molecule has 0 saturated carbocycles. The first-order valence-electron chi connectivity index (χ1n) is 7.47. The minimum absolute atomic E-state index is 0.222. The molecule has 1 aromatic rings. The van der Waals surface area contributed by atoms with Crippen LogP contribution in [-0.2, 0) is 4.79 Å². The molecule has 0 aliphatic heterocycles. The van der Waals surface area contributed by atoms with Gasteiger partial charge in [0.25, 0.3) is 0 Å². The topological polar surface area (TPSA) is 84.3 Å². The van der Waals surface area contributed by atoms with Crippen molar-refractivity contribution in [2.24, 2.45) is 5.92 Å². The summed E-state index contributed by atoms with van der Waals surface area (Å²) < 4.78 is 5.46. The Morgan fingerprint density at radius 3 is 2.81 bits per heavy atom. The van der Waals surface area contributed by atoms with Crippen molar-refractivity contribution in [1.29, 1.82) is 0 Å². The highest BCUT2D eigenvalue weighted by Gasteiger charge is 2.11. The molecule has 0 aromatic carbocycles. The molecule has 0 aliphatic rings. The molecule has 0 bridgehead atoms. The molecule has 0 fully saturated rings. The van der Waals surface area contributed by atoms with Gasteiger partial charge in [-0.3, -0.25) is 4.79 Å². The molecule has 2 N–H and O–H groups in total. The fourth-order valence-corrected chi connectivity index (χ4v) is 1.88. The Morgan fingerprint density at radius 1 is 1.38 bits per heavy atom. The fraction of sp³-hybridized carbons (Fsp3) is 0.667. The summed E-state index contributed by atoms with van der Waals surface area (Å²) in [6.45, 7) is 6.47. The van der Waals surface area contributed by atoms with Gasteiger partial charge >= 0.3 is 5.97 Å². The van der Waals surface area contributed by atoms with E-state index >= 15 is 0 Å². The number of carboxylic acid groups (broad SMARTS) is 1. The van der Waals surface area contributed by atoms with E-state index in [0.717, 1.165) is 25.1 Å². The Morgan fingerprint density at radius 2 is 2.14 bits per heavy atom. The highest BCUT2D eigenvalue weighted by atomic mass is 16.5. The predicted octanol–water partition coefficient (Wildman–Crippen LogP) is 2.96. The quantitative estimate of drug-likeness (QED) is 0.690. The van der Waals surface area contributed by atoms with Crippen LogP contribution in [0.3, 0.4) is 0 Å². The number of carboxylic acids is 1. The fourth-order valence-electron chi connectivity index (χ4n) is 1.88. The maximum absolute atomic E-state index is 10.7. The van der Waals surface area contributed by atoms with Crippen LogP contribution in [0.4, 0.5) is 5.82 Å². The van der Waals surface area contributed by atoms with Crippen LogP contribution in [0.15, 0.2) is 12.4 Å². The Bertz CT molecular complexity index is 440. The number of aliphatic carboxylic acids is 1. The van der Waals surface area contributed by atoms with E-state index in [0.29, 0.717) is 18.9 Å². The van der Waals surface area contributed by atoms with Gasteiger partial charge in [0, 0.05) is 12.1 Å². The van der Waals surface area contributed by atoms with Gasteiger partial charge in [0.05, 0.1) is 12.5 Å². The molecule has 1 aromatic heterocycles. The van der Waals surface area contributed by atoms with E-state index in [9.17, 15) is 4.79 Å². The van der Waals surface area contributed by atoms with Crippen LogP contribution in [0, 0.1) is 5.92 Å². The summed E-state index contributed by atoms with van der Waals surface area (Å²) in [6, 6.07) is 2.01. The second kappa shape index (κ2) is 9.15. The monoisotopic (exact) mass is 295 g/mol. The number of aromatic nitrogens is 2. The van der Waals surface area contributed by atoms with Crippen molar-refractivity contribution >= 4 is 11.8 Å². The molecule has 2 unspecified atom stereocenters. The van der Waals surface area contributed by atoms with Crippen molar-refractivity contribution in [3.8, 4) is 5.88 Å². The Kier molecular flexibility index (Phi) is 7.50. The van der Waals surface area contributed by atoms with Gasteiger partial charge in [-0.25, -0.2) is 9.97 Å². The number of nitrogens with one attached hydrogen (secondary N) is 1. The molecule has 6 nitrogen and oxygen atoms in total. The molecule has 0 spiro atoms. The number of nitrogens with zero attached hydrogens (tertiary/aromatic N) is 2. The van der Waals surface area contributed by atoms with Crippen LogP contribution >= 0.6 is 0 Å². The third kappa shape index (κ3) is 6.92. The highest BCUT2D eigenvalue weighted by molar-refractivity contribution is 5.69. The van der Waals surface area contributed by atoms with Crippen LogP contribution < -0.4 is 10.1 Å². The first kappa shape index (κ1) is 17.2. The first-order valence-corrected chi connectivity index (χ1v) is 7.47. The summed E-state index contributed by atoms with van der Waals surface area (Å²) in [5.74, 6) is 0.283. The zero-order valence-electron chi connectivity index (χ0n) is 13.0.